The average Bonchev–Trinajstić information content (AvgIpc) is 1.57. The van der Waals surface area contributed by atoms with Crippen molar-refractivity contribution in [3.8, 4) is 141 Å². The lowest BCUT2D eigenvalue weighted by Crippen LogP contribution is -2.00. The van der Waals surface area contributed by atoms with Crippen molar-refractivity contribution < 1.29 is 4.42 Å². The molecule has 0 radical (unpaired) electrons. The number of aromatic nitrogens is 11. The lowest BCUT2D eigenvalue weighted by atomic mass is 9.98. The van der Waals surface area contributed by atoms with Crippen LogP contribution < -0.4 is 0 Å². The minimum atomic E-state index is 0.546. The molecular weight excluding hydrogens is 1280 g/mol. The van der Waals surface area contributed by atoms with E-state index in [-0.39, 0.29) is 0 Å². The summed E-state index contributed by atoms with van der Waals surface area (Å²) in [5.41, 5.74) is 23.9. The first-order valence-electron chi connectivity index (χ1n) is 34.6. The van der Waals surface area contributed by atoms with E-state index in [0.717, 1.165) is 156 Å². The van der Waals surface area contributed by atoms with Crippen LogP contribution in [0.1, 0.15) is 0 Å². The van der Waals surface area contributed by atoms with E-state index in [1.54, 1.807) is 0 Å². The smallest absolute Gasteiger partial charge is 0.164 e. The van der Waals surface area contributed by atoms with Crippen molar-refractivity contribution in [1.29, 1.82) is 0 Å². The number of hydrogen-bond acceptors (Lipinski definition) is 9. The van der Waals surface area contributed by atoms with Gasteiger partial charge in [-0.15, -0.1) is 0 Å². The molecule has 0 saturated carbocycles. The normalized spacial score (nSPS) is 11.7. The average molecular weight is 1330 g/mol. The summed E-state index contributed by atoms with van der Waals surface area (Å²) in [5.74, 6) is 3.40. The summed E-state index contributed by atoms with van der Waals surface area (Å²) in [6, 6.07) is 111. The van der Waals surface area contributed by atoms with E-state index in [0.29, 0.717) is 34.9 Å². The molecule has 20 rings (SSSR count). The van der Waals surface area contributed by atoms with Crippen LogP contribution in [0.4, 0.5) is 0 Å². The second-order valence-corrected chi connectivity index (χ2v) is 26.1. The molecule has 0 aliphatic rings. The van der Waals surface area contributed by atoms with Crippen molar-refractivity contribution in [2.75, 3.05) is 0 Å². The molecule has 0 saturated heterocycles. The largest absolute Gasteiger partial charge is 0.456 e. The van der Waals surface area contributed by atoms with Gasteiger partial charge in [-0.2, -0.15) is 0 Å². The molecule has 0 aliphatic carbocycles. The van der Waals surface area contributed by atoms with Crippen molar-refractivity contribution in [1.82, 2.24) is 53.2 Å². The van der Waals surface area contributed by atoms with E-state index in [2.05, 4.69) is 262 Å². The minimum Gasteiger partial charge on any atom is -0.456 e. The zero-order valence-corrected chi connectivity index (χ0v) is 55.7. The van der Waals surface area contributed by atoms with Gasteiger partial charge in [0.25, 0.3) is 0 Å². The molecule has 12 aromatic carbocycles. The molecular formula is C92H57N11O. The molecule has 0 spiro atoms. The standard InChI is InChI=1S/C92H57N11O/c1-5-19-58(20-6-1)62-27-15-28-63(47-62)64-29-16-32-70(48-64)90-96-88(61-25-11-4-12-26-61)98-92(100-90)73-39-43-78-77-42-37-69(53-83(77)104-84(78)54-73)80-57-102-46-44-67(55-86(102)94-80)65-30-17-33-71(49-65)89-95-87(60-23-9-3-10-24-60)97-91(99-89)72-38-41-76-75-40-36-68(79-56-101-45-14-13-35-85(101)93-79)51-81(75)103(82(76)52-72)74-34-18-31-66(50-74)59-21-7-2-8-22-59/h1-57H. The van der Waals surface area contributed by atoms with Crippen LogP contribution in [0.3, 0.4) is 0 Å². The Morgan fingerprint density at radius 2 is 0.567 bits per heavy atom. The Morgan fingerprint density at radius 1 is 0.212 bits per heavy atom. The van der Waals surface area contributed by atoms with Crippen LogP contribution in [0.2, 0.25) is 0 Å². The molecule has 0 amide bonds. The summed E-state index contributed by atoms with van der Waals surface area (Å²) in [4.78, 5) is 41.4. The summed E-state index contributed by atoms with van der Waals surface area (Å²) in [6.45, 7) is 0. The Hall–Kier alpha value is -14.4. The predicted molar refractivity (Wildman–Crippen MR) is 418 cm³/mol. The first kappa shape index (κ1) is 59.7. The molecule has 0 aliphatic heterocycles. The summed E-state index contributed by atoms with van der Waals surface area (Å²) >= 11 is 0. The highest BCUT2D eigenvalue weighted by molar-refractivity contribution is 6.11. The first-order valence-corrected chi connectivity index (χ1v) is 34.6. The quantitative estimate of drug-likeness (QED) is 0.111. The van der Waals surface area contributed by atoms with Gasteiger partial charge >= 0.3 is 0 Å². The number of rotatable bonds is 13. The lowest BCUT2D eigenvalue weighted by Gasteiger charge is -2.12. The lowest BCUT2D eigenvalue weighted by molar-refractivity contribution is 0.669. The minimum absolute atomic E-state index is 0.546. The number of hydrogen-bond donors (Lipinski definition) is 0. The zero-order valence-electron chi connectivity index (χ0n) is 55.7. The van der Waals surface area contributed by atoms with Crippen molar-refractivity contribution in [2.24, 2.45) is 0 Å². The molecule has 486 valence electrons. The van der Waals surface area contributed by atoms with Gasteiger partial charge in [0.15, 0.2) is 34.9 Å². The number of benzene rings is 12. The molecule has 20 aromatic rings. The van der Waals surface area contributed by atoms with Gasteiger partial charge in [0, 0.05) is 96.5 Å². The van der Waals surface area contributed by atoms with Crippen LogP contribution in [-0.4, -0.2) is 53.2 Å². The summed E-state index contributed by atoms with van der Waals surface area (Å²) in [6.07, 6.45) is 8.26. The van der Waals surface area contributed by atoms with Gasteiger partial charge in [0.05, 0.1) is 22.4 Å². The Balaban J connectivity index is 0.622. The van der Waals surface area contributed by atoms with Gasteiger partial charge in [-0.1, -0.05) is 231 Å². The Bertz CT molecular complexity index is 6710. The molecule has 0 unspecified atom stereocenters. The topological polar surface area (TPSA) is 130 Å². The van der Waals surface area contributed by atoms with Gasteiger partial charge in [-0.05, 0) is 136 Å². The van der Waals surface area contributed by atoms with Crippen molar-refractivity contribution in [3.05, 3.63) is 346 Å². The van der Waals surface area contributed by atoms with Crippen LogP contribution in [0.5, 0.6) is 0 Å². The summed E-state index contributed by atoms with van der Waals surface area (Å²) in [5, 5.41) is 4.22. The SMILES string of the molecule is c1ccc(-c2cccc(-c3cccc(-c4nc(-c5ccccc5)nc(-c5ccc6c(c5)oc5cc(-c7cn8ccc(-c9cccc(-c%10nc(-c%11ccccc%11)nc(-c%11ccc%12c%13ccc(-c%14cn%15ccccc%15n%14)cc%13n(-c%13cccc(-c%14ccccc%14)c%13)c%12c%11)n%10)c9)cc8n7)ccc56)n4)c3)c2)cc1. The van der Waals surface area contributed by atoms with Crippen LogP contribution in [-0.2, 0) is 0 Å². The van der Waals surface area contributed by atoms with Crippen LogP contribution in [0.15, 0.2) is 351 Å². The van der Waals surface area contributed by atoms with Gasteiger partial charge < -0.3 is 17.8 Å². The Labute approximate surface area is 596 Å². The Kier molecular flexibility index (Phi) is 14.2. The zero-order chi connectivity index (χ0) is 68.6. The summed E-state index contributed by atoms with van der Waals surface area (Å²) in [7, 11) is 0. The fourth-order valence-corrected chi connectivity index (χ4v) is 14.4. The second-order valence-electron chi connectivity index (χ2n) is 26.1. The maximum absolute atomic E-state index is 6.74. The van der Waals surface area contributed by atoms with E-state index < -0.39 is 0 Å². The van der Waals surface area contributed by atoms with Crippen LogP contribution >= 0.6 is 0 Å². The molecule has 0 bridgehead atoms. The van der Waals surface area contributed by atoms with E-state index in [1.165, 1.54) is 5.56 Å². The van der Waals surface area contributed by atoms with Crippen molar-refractivity contribution >= 4 is 55.0 Å². The summed E-state index contributed by atoms with van der Waals surface area (Å²) < 4.78 is 13.2. The third-order valence-electron chi connectivity index (χ3n) is 19.6. The van der Waals surface area contributed by atoms with E-state index in [1.807, 2.05) is 97.2 Å². The maximum atomic E-state index is 6.74. The Morgan fingerprint density at radius 3 is 1.10 bits per heavy atom. The number of nitrogens with zero attached hydrogens (tertiary/aromatic N) is 11. The third kappa shape index (κ3) is 10.9. The second kappa shape index (κ2) is 24.8. The fourth-order valence-electron chi connectivity index (χ4n) is 14.4. The maximum Gasteiger partial charge on any atom is 0.164 e. The van der Waals surface area contributed by atoms with Crippen LogP contribution in [0, 0.1) is 0 Å². The molecule has 12 heteroatoms. The van der Waals surface area contributed by atoms with E-state index in [4.69, 9.17) is 44.3 Å². The molecule has 8 heterocycles. The van der Waals surface area contributed by atoms with Crippen molar-refractivity contribution in [2.45, 2.75) is 0 Å². The fraction of sp³-hybridized carbons (Fsp3) is 0. The van der Waals surface area contributed by atoms with E-state index >= 15 is 0 Å². The molecule has 0 N–H and O–H groups in total. The van der Waals surface area contributed by atoms with E-state index in [9.17, 15) is 0 Å². The van der Waals surface area contributed by atoms with Gasteiger partial charge in [0.2, 0.25) is 0 Å². The van der Waals surface area contributed by atoms with Gasteiger partial charge in [0.1, 0.15) is 22.5 Å². The molecule has 0 atom stereocenters. The number of fused-ring (bicyclic) bond motifs is 8. The predicted octanol–water partition coefficient (Wildman–Crippen LogP) is 22.4. The number of imidazole rings is 2. The number of pyridine rings is 2. The molecule has 0 fully saturated rings. The monoisotopic (exact) mass is 1330 g/mol. The van der Waals surface area contributed by atoms with Gasteiger partial charge in [-0.3, -0.25) is 0 Å². The third-order valence-corrected chi connectivity index (χ3v) is 19.6. The number of furan rings is 1. The highest BCUT2D eigenvalue weighted by Crippen LogP contribution is 2.41. The first-order chi connectivity index (χ1) is 51.4. The van der Waals surface area contributed by atoms with Gasteiger partial charge in [-0.25, -0.2) is 39.9 Å². The molecule has 8 aromatic heterocycles. The highest BCUT2D eigenvalue weighted by atomic mass is 16.3. The molecule has 12 nitrogen and oxygen atoms in total. The molecule has 104 heavy (non-hydrogen) atoms. The highest BCUT2D eigenvalue weighted by Gasteiger charge is 2.22. The van der Waals surface area contributed by atoms with Crippen LogP contribution in [0.25, 0.3) is 196 Å². The van der Waals surface area contributed by atoms with Crippen molar-refractivity contribution in [3.63, 3.8) is 0 Å².